The van der Waals surface area contributed by atoms with Gasteiger partial charge in [0.1, 0.15) is 11.9 Å². The van der Waals surface area contributed by atoms with E-state index in [0.29, 0.717) is 60.6 Å². The molecule has 2 atom stereocenters. The molecule has 2 unspecified atom stereocenters. The Bertz CT molecular complexity index is 1520. The number of morpholine rings is 1. The van der Waals surface area contributed by atoms with Crippen molar-refractivity contribution in [2.24, 2.45) is 0 Å². The van der Waals surface area contributed by atoms with E-state index in [1.807, 2.05) is 42.3 Å². The SMILES string of the molecule is CC(NC(=O)C(C)N1Cc2ccc(-c3nc(NN4CCOCC4)ncc3Cl)cc2C1=O)c1cccc(N2CCN(C)CC2)n1. The maximum Gasteiger partial charge on any atom is 0.255 e. The van der Waals surface area contributed by atoms with Crippen molar-refractivity contribution in [3.63, 3.8) is 0 Å². The van der Waals surface area contributed by atoms with Crippen LogP contribution in [-0.2, 0) is 16.1 Å². The fraction of sp³-hybridized carbons (Fsp3) is 0.452. The molecule has 0 saturated carbocycles. The molecule has 2 amide bonds. The van der Waals surface area contributed by atoms with Crippen molar-refractivity contribution in [2.75, 3.05) is 69.9 Å². The Balaban J connectivity index is 1.12. The van der Waals surface area contributed by atoms with Crippen molar-refractivity contribution >= 4 is 35.2 Å². The van der Waals surface area contributed by atoms with E-state index in [1.54, 1.807) is 24.1 Å². The summed E-state index contributed by atoms with van der Waals surface area (Å²) in [4.78, 5) is 46.9. The normalized spacial score (nSPS) is 19.0. The molecule has 2 aromatic heterocycles. The molecule has 3 aromatic rings. The number of hydrogen-bond donors (Lipinski definition) is 2. The maximum atomic E-state index is 13.6. The highest BCUT2D eigenvalue weighted by molar-refractivity contribution is 6.33. The van der Waals surface area contributed by atoms with Crippen molar-refractivity contribution in [2.45, 2.75) is 32.5 Å². The Morgan fingerprint density at radius 2 is 1.80 bits per heavy atom. The summed E-state index contributed by atoms with van der Waals surface area (Å²) < 4.78 is 5.40. The summed E-state index contributed by atoms with van der Waals surface area (Å²) in [6.45, 7) is 10.5. The molecular weight excluding hydrogens is 582 g/mol. The third-order valence-corrected chi connectivity index (χ3v) is 8.74. The summed E-state index contributed by atoms with van der Waals surface area (Å²) in [5, 5.41) is 5.44. The molecule has 0 aliphatic carbocycles. The predicted octanol–water partition coefficient (Wildman–Crippen LogP) is 2.82. The van der Waals surface area contributed by atoms with Crippen LogP contribution in [0.3, 0.4) is 0 Å². The number of nitrogens with one attached hydrogen (secondary N) is 2. The van der Waals surface area contributed by atoms with Crippen LogP contribution >= 0.6 is 11.6 Å². The number of benzene rings is 1. The molecule has 1 aromatic carbocycles. The van der Waals surface area contributed by atoms with Crippen molar-refractivity contribution in [1.29, 1.82) is 0 Å². The first kappa shape index (κ1) is 30.2. The van der Waals surface area contributed by atoms with Crippen molar-refractivity contribution in [1.82, 2.24) is 35.1 Å². The van der Waals surface area contributed by atoms with Gasteiger partial charge in [0, 0.05) is 56.9 Å². The van der Waals surface area contributed by atoms with Gasteiger partial charge >= 0.3 is 0 Å². The number of carbonyl (C=O) groups excluding carboxylic acids is 2. The number of halogens is 1. The molecule has 6 rings (SSSR count). The Morgan fingerprint density at radius 1 is 1.02 bits per heavy atom. The molecule has 0 spiro atoms. The van der Waals surface area contributed by atoms with Crippen LogP contribution in [0.4, 0.5) is 11.8 Å². The fourth-order valence-electron chi connectivity index (χ4n) is 5.67. The Hall–Kier alpha value is -3.84. The van der Waals surface area contributed by atoms with Gasteiger partial charge in [0.15, 0.2) is 0 Å². The van der Waals surface area contributed by atoms with Crippen LogP contribution in [-0.4, -0.2) is 107 Å². The molecule has 3 aliphatic rings. The number of anilines is 2. The number of hydrazine groups is 1. The molecule has 2 fully saturated rings. The zero-order valence-electron chi connectivity index (χ0n) is 25.3. The minimum Gasteiger partial charge on any atom is -0.379 e. The van der Waals surface area contributed by atoms with Gasteiger partial charge in [-0.1, -0.05) is 29.8 Å². The van der Waals surface area contributed by atoms with E-state index < -0.39 is 6.04 Å². The number of nitrogens with zero attached hydrogens (tertiary/aromatic N) is 7. The zero-order chi connectivity index (χ0) is 30.8. The highest BCUT2D eigenvalue weighted by atomic mass is 35.5. The number of hydrogen-bond acceptors (Lipinski definition) is 10. The van der Waals surface area contributed by atoms with Crippen LogP contribution in [0.15, 0.2) is 42.6 Å². The van der Waals surface area contributed by atoms with E-state index in [9.17, 15) is 9.59 Å². The number of aromatic nitrogens is 3. The molecule has 2 N–H and O–H groups in total. The van der Waals surface area contributed by atoms with Gasteiger partial charge in [0.05, 0.1) is 41.9 Å². The average molecular weight is 620 g/mol. The molecule has 12 nitrogen and oxygen atoms in total. The molecule has 5 heterocycles. The van der Waals surface area contributed by atoms with E-state index in [4.69, 9.17) is 21.3 Å². The second-order valence-electron chi connectivity index (χ2n) is 11.5. The molecule has 0 radical (unpaired) electrons. The highest BCUT2D eigenvalue weighted by Gasteiger charge is 2.35. The first-order valence-electron chi connectivity index (χ1n) is 15.0. The minimum atomic E-state index is -0.673. The van der Waals surface area contributed by atoms with E-state index >= 15 is 0 Å². The minimum absolute atomic E-state index is 0.204. The zero-order valence-corrected chi connectivity index (χ0v) is 26.0. The summed E-state index contributed by atoms with van der Waals surface area (Å²) in [5.74, 6) is 0.897. The Morgan fingerprint density at radius 3 is 2.57 bits per heavy atom. The van der Waals surface area contributed by atoms with Crippen LogP contribution in [0.2, 0.25) is 5.02 Å². The van der Waals surface area contributed by atoms with E-state index in [1.165, 1.54) is 0 Å². The van der Waals surface area contributed by atoms with Crippen molar-refractivity contribution in [3.8, 4) is 11.3 Å². The van der Waals surface area contributed by atoms with E-state index in [0.717, 1.165) is 43.3 Å². The summed E-state index contributed by atoms with van der Waals surface area (Å²) >= 11 is 6.50. The number of pyridine rings is 1. The summed E-state index contributed by atoms with van der Waals surface area (Å²) in [6, 6.07) is 10.5. The lowest BCUT2D eigenvalue weighted by Gasteiger charge is -2.33. The monoisotopic (exact) mass is 619 g/mol. The number of rotatable bonds is 8. The molecule has 3 aliphatic heterocycles. The third-order valence-electron chi connectivity index (χ3n) is 8.46. The topological polar surface area (TPSA) is 119 Å². The number of carbonyl (C=O) groups is 2. The summed E-state index contributed by atoms with van der Waals surface area (Å²) in [6.07, 6.45) is 1.55. The standard InChI is InChI=1S/C31H38ClN9O3/c1-20(26-5-4-6-27(35-26)39-11-9-38(3)10-12-39)34-29(42)21(2)41-19-23-8-7-22(17-24(23)30(41)43)28-25(32)18-33-31(36-28)37-40-13-15-44-16-14-40/h4-8,17-18,20-21H,9-16,19H2,1-3H3,(H,34,42)(H,33,36,37). The lowest BCUT2D eigenvalue weighted by molar-refractivity contribution is -0.125. The number of amides is 2. The number of piperazine rings is 1. The van der Waals surface area contributed by atoms with Crippen molar-refractivity contribution in [3.05, 3.63) is 64.4 Å². The second-order valence-corrected chi connectivity index (χ2v) is 11.9. The van der Waals surface area contributed by atoms with Gasteiger partial charge in [0.25, 0.3) is 5.91 Å². The number of fused-ring (bicyclic) bond motifs is 1. The Kier molecular flexibility index (Phi) is 8.94. The van der Waals surface area contributed by atoms with Crippen LogP contribution in [0.1, 0.15) is 41.5 Å². The highest BCUT2D eigenvalue weighted by Crippen LogP contribution is 2.32. The van der Waals surface area contributed by atoms with Crippen LogP contribution in [0, 0.1) is 0 Å². The lowest BCUT2D eigenvalue weighted by Crippen LogP contribution is -2.46. The Labute approximate surface area is 262 Å². The van der Waals surface area contributed by atoms with Crippen molar-refractivity contribution < 1.29 is 14.3 Å². The van der Waals surface area contributed by atoms with Gasteiger partial charge in [-0.25, -0.2) is 20.0 Å². The van der Waals surface area contributed by atoms with Crippen LogP contribution < -0.4 is 15.6 Å². The molecule has 2 saturated heterocycles. The number of likely N-dealkylation sites (N-methyl/N-ethyl adjacent to an activating group) is 1. The summed E-state index contributed by atoms with van der Waals surface area (Å²) in [5.41, 5.74) is 6.61. The van der Waals surface area contributed by atoms with Crippen LogP contribution in [0.5, 0.6) is 0 Å². The fourth-order valence-corrected chi connectivity index (χ4v) is 5.87. The molecule has 13 heteroatoms. The van der Waals surface area contributed by atoms with Gasteiger partial charge in [0.2, 0.25) is 11.9 Å². The molecular formula is C31H38ClN9O3. The lowest BCUT2D eigenvalue weighted by atomic mass is 10.0. The first-order chi connectivity index (χ1) is 21.3. The molecule has 44 heavy (non-hydrogen) atoms. The smallest absolute Gasteiger partial charge is 0.255 e. The maximum absolute atomic E-state index is 13.6. The van der Waals surface area contributed by atoms with Gasteiger partial charge in [-0.3, -0.25) is 15.0 Å². The summed E-state index contributed by atoms with van der Waals surface area (Å²) in [7, 11) is 2.12. The first-order valence-corrected chi connectivity index (χ1v) is 15.4. The van der Waals surface area contributed by atoms with E-state index in [2.05, 4.69) is 37.6 Å². The average Bonchev–Trinajstić information content (AvgIpc) is 3.37. The number of ether oxygens (including phenoxy) is 1. The van der Waals surface area contributed by atoms with E-state index in [-0.39, 0.29) is 17.9 Å². The third kappa shape index (κ3) is 6.48. The second kappa shape index (κ2) is 13.0. The largest absolute Gasteiger partial charge is 0.379 e. The molecule has 232 valence electrons. The molecule has 0 bridgehead atoms. The van der Waals surface area contributed by atoms with Gasteiger partial charge in [-0.05, 0) is 44.7 Å². The van der Waals surface area contributed by atoms with Gasteiger partial charge < -0.3 is 24.8 Å². The predicted molar refractivity (Wildman–Crippen MR) is 168 cm³/mol. The van der Waals surface area contributed by atoms with Gasteiger partial charge in [-0.15, -0.1) is 0 Å². The van der Waals surface area contributed by atoms with Gasteiger partial charge in [-0.2, -0.15) is 0 Å². The quantitative estimate of drug-likeness (QED) is 0.390. The van der Waals surface area contributed by atoms with Crippen LogP contribution in [0.25, 0.3) is 11.3 Å².